The Hall–Kier alpha value is -0.0700. The highest BCUT2D eigenvalue weighted by atomic mass is 79.9. The molecule has 0 amide bonds. The molecule has 15 heavy (non-hydrogen) atoms. The minimum absolute atomic E-state index is 0.00634. The normalized spacial score (nSPS) is 14.2. The number of nitrogens with one attached hydrogen (secondary N) is 1. The minimum atomic E-state index is -4.19. The van der Waals surface area contributed by atoms with E-state index in [9.17, 15) is 13.2 Å². The fraction of sp³-hybridized carbons (Fsp3) is 0.556. The Labute approximate surface area is 98.8 Å². The summed E-state index contributed by atoms with van der Waals surface area (Å²) in [5.41, 5.74) is 0. The first-order valence-corrected chi connectivity index (χ1v) is 6.13. The molecule has 0 radical (unpaired) electrons. The quantitative estimate of drug-likeness (QED) is 0.896. The van der Waals surface area contributed by atoms with Gasteiger partial charge in [-0.15, -0.1) is 11.3 Å². The molecule has 1 unspecified atom stereocenters. The topological polar surface area (TPSA) is 12.0 Å². The molecule has 0 fully saturated rings. The molecule has 0 bridgehead atoms. The minimum Gasteiger partial charge on any atom is -0.306 e. The third kappa shape index (κ3) is 4.12. The third-order valence-electron chi connectivity index (χ3n) is 1.87. The molecule has 6 heteroatoms. The Morgan fingerprint density at radius 2 is 2.20 bits per heavy atom. The van der Waals surface area contributed by atoms with Crippen LogP contribution in [0.5, 0.6) is 0 Å². The van der Waals surface area contributed by atoms with Gasteiger partial charge in [0.25, 0.3) is 0 Å². The summed E-state index contributed by atoms with van der Waals surface area (Å²) in [5, 5.41) is 4.23. The Balaban J connectivity index is 2.66. The largest absolute Gasteiger partial charge is 0.404 e. The van der Waals surface area contributed by atoms with Crippen molar-refractivity contribution >= 4 is 27.3 Å². The van der Waals surface area contributed by atoms with Gasteiger partial charge in [-0.1, -0.05) is 6.92 Å². The predicted molar refractivity (Wildman–Crippen MR) is 59.2 cm³/mol. The summed E-state index contributed by atoms with van der Waals surface area (Å²) < 4.78 is 38.4. The van der Waals surface area contributed by atoms with Gasteiger partial charge in [-0.3, -0.25) is 0 Å². The first-order valence-electron chi connectivity index (χ1n) is 4.46. The number of halogens is 4. The van der Waals surface area contributed by atoms with E-state index in [1.165, 1.54) is 11.3 Å². The van der Waals surface area contributed by atoms with Crippen molar-refractivity contribution in [1.82, 2.24) is 5.32 Å². The molecule has 0 aliphatic heterocycles. The second-order valence-electron chi connectivity index (χ2n) is 3.09. The molecule has 1 nitrogen and oxygen atoms in total. The van der Waals surface area contributed by atoms with Crippen LogP contribution in [0.4, 0.5) is 13.2 Å². The number of hydrogen-bond acceptors (Lipinski definition) is 2. The molecule has 0 saturated carbocycles. The molecular formula is C9H11BrF3NS. The van der Waals surface area contributed by atoms with Crippen molar-refractivity contribution in [3.05, 3.63) is 20.8 Å². The standard InChI is InChI=1S/C9H11BrF3NS/c1-2-14-8(9(11,12)13)4-7-3-6(10)5-15-7/h3,5,8,14H,2,4H2,1H3. The van der Waals surface area contributed by atoms with Gasteiger partial charge in [-0.25, -0.2) is 0 Å². The summed E-state index contributed by atoms with van der Waals surface area (Å²) in [6.45, 7) is 1.99. The second-order valence-corrected chi connectivity index (χ2v) is 5.00. The van der Waals surface area contributed by atoms with Gasteiger partial charge in [0.05, 0.1) is 0 Å². The van der Waals surface area contributed by atoms with Gasteiger partial charge < -0.3 is 5.32 Å². The van der Waals surface area contributed by atoms with Crippen molar-refractivity contribution < 1.29 is 13.2 Å². The maximum Gasteiger partial charge on any atom is 0.404 e. The molecule has 1 N–H and O–H groups in total. The number of likely N-dealkylation sites (N-methyl/N-ethyl adjacent to an activating group) is 1. The molecule has 1 heterocycles. The zero-order valence-corrected chi connectivity index (χ0v) is 10.5. The van der Waals surface area contributed by atoms with E-state index < -0.39 is 12.2 Å². The third-order valence-corrected chi connectivity index (χ3v) is 3.59. The summed E-state index contributed by atoms with van der Waals surface area (Å²) in [6.07, 6.45) is -4.19. The molecular weight excluding hydrogens is 291 g/mol. The molecule has 1 aromatic heterocycles. The van der Waals surface area contributed by atoms with Crippen molar-refractivity contribution in [3.63, 3.8) is 0 Å². The highest BCUT2D eigenvalue weighted by Gasteiger charge is 2.39. The second kappa shape index (κ2) is 5.32. The fourth-order valence-electron chi connectivity index (χ4n) is 1.21. The zero-order valence-electron chi connectivity index (χ0n) is 8.07. The molecule has 1 aromatic rings. The van der Waals surface area contributed by atoms with Crippen LogP contribution in [0, 0.1) is 0 Å². The summed E-state index contributed by atoms with van der Waals surface area (Å²) in [7, 11) is 0. The average Bonchev–Trinajstić information content (AvgIpc) is 2.49. The van der Waals surface area contributed by atoms with E-state index >= 15 is 0 Å². The van der Waals surface area contributed by atoms with E-state index in [0.717, 1.165) is 9.35 Å². The van der Waals surface area contributed by atoms with E-state index in [2.05, 4.69) is 21.2 Å². The smallest absolute Gasteiger partial charge is 0.306 e. The van der Waals surface area contributed by atoms with Crippen LogP contribution in [-0.4, -0.2) is 18.8 Å². The van der Waals surface area contributed by atoms with Crippen LogP contribution in [0.1, 0.15) is 11.8 Å². The van der Waals surface area contributed by atoms with Crippen LogP contribution >= 0.6 is 27.3 Å². The van der Waals surface area contributed by atoms with Crippen LogP contribution in [0.25, 0.3) is 0 Å². The van der Waals surface area contributed by atoms with E-state index in [1.807, 2.05) is 0 Å². The molecule has 1 rings (SSSR count). The van der Waals surface area contributed by atoms with Gasteiger partial charge in [0.2, 0.25) is 0 Å². The first-order chi connectivity index (χ1) is 6.93. The van der Waals surface area contributed by atoms with E-state index in [0.29, 0.717) is 6.54 Å². The zero-order chi connectivity index (χ0) is 11.5. The lowest BCUT2D eigenvalue weighted by atomic mass is 10.1. The van der Waals surface area contributed by atoms with Gasteiger partial charge in [0.15, 0.2) is 0 Å². The average molecular weight is 302 g/mol. The van der Waals surface area contributed by atoms with Gasteiger partial charge in [0, 0.05) is 21.2 Å². The lowest BCUT2D eigenvalue weighted by Crippen LogP contribution is -2.43. The van der Waals surface area contributed by atoms with Crippen LogP contribution in [0.15, 0.2) is 15.9 Å². The van der Waals surface area contributed by atoms with Crippen molar-refractivity contribution in [2.45, 2.75) is 25.6 Å². The maximum absolute atomic E-state index is 12.5. The van der Waals surface area contributed by atoms with Gasteiger partial charge in [-0.2, -0.15) is 13.2 Å². The lowest BCUT2D eigenvalue weighted by molar-refractivity contribution is -0.155. The molecule has 0 aromatic carbocycles. The molecule has 0 aliphatic carbocycles. The van der Waals surface area contributed by atoms with Crippen molar-refractivity contribution in [2.75, 3.05) is 6.54 Å². The first kappa shape index (κ1) is 13.0. The SMILES string of the molecule is CCNC(Cc1cc(Br)cs1)C(F)(F)F. The van der Waals surface area contributed by atoms with Crippen molar-refractivity contribution in [1.29, 1.82) is 0 Å². The van der Waals surface area contributed by atoms with E-state index in [-0.39, 0.29) is 6.42 Å². The Kier molecular flexibility index (Phi) is 4.61. The van der Waals surface area contributed by atoms with Gasteiger partial charge >= 0.3 is 6.18 Å². The molecule has 0 saturated heterocycles. The Morgan fingerprint density at radius 1 is 1.53 bits per heavy atom. The van der Waals surface area contributed by atoms with Gasteiger partial charge in [0.1, 0.15) is 6.04 Å². The van der Waals surface area contributed by atoms with Crippen molar-refractivity contribution in [3.8, 4) is 0 Å². The van der Waals surface area contributed by atoms with E-state index in [1.54, 1.807) is 18.4 Å². The Bertz CT molecular complexity index is 311. The number of alkyl halides is 3. The Morgan fingerprint density at radius 3 is 2.60 bits per heavy atom. The summed E-state index contributed by atoms with van der Waals surface area (Å²) in [5.74, 6) is 0. The number of thiophene rings is 1. The van der Waals surface area contributed by atoms with Crippen LogP contribution in [0.2, 0.25) is 0 Å². The number of hydrogen-bond donors (Lipinski definition) is 1. The molecule has 1 atom stereocenters. The summed E-state index contributed by atoms with van der Waals surface area (Å²) in [4.78, 5) is 0.727. The molecule has 86 valence electrons. The van der Waals surface area contributed by atoms with Crippen molar-refractivity contribution in [2.24, 2.45) is 0 Å². The van der Waals surface area contributed by atoms with Gasteiger partial charge in [-0.05, 0) is 28.5 Å². The summed E-state index contributed by atoms with van der Waals surface area (Å²) >= 11 is 4.55. The monoisotopic (exact) mass is 301 g/mol. The fourth-order valence-corrected chi connectivity index (χ4v) is 2.71. The predicted octanol–water partition coefficient (Wildman–Crippen LogP) is 3.59. The lowest BCUT2D eigenvalue weighted by Gasteiger charge is -2.20. The highest BCUT2D eigenvalue weighted by Crippen LogP contribution is 2.27. The van der Waals surface area contributed by atoms with Crippen LogP contribution < -0.4 is 5.32 Å². The van der Waals surface area contributed by atoms with Crippen LogP contribution in [-0.2, 0) is 6.42 Å². The molecule has 0 aliphatic rings. The molecule has 0 spiro atoms. The summed E-state index contributed by atoms with van der Waals surface area (Å²) in [6, 6.07) is 0.272. The van der Waals surface area contributed by atoms with E-state index in [4.69, 9.17) is 0 Å². The number of rotatable bonds is 4. The van der Waals surface area contributed by atoms with Crippen LogP contribution in [0.3, 0.4) is 0 Å². The maximum atomic E-state index is 12.5. The highest BCUT2D eigenvalue weighted by molar-refractivity contribution is 9.10.